The van der Waals surface area contributed by atoms with Gasteiger partial charge in [-0.15, -0.1) is 11.8 Å². The van der Waals surface area contributed by atoms with Crippen molar-refractivity contribution in [2.45, 2.75) is 88.4 Å². The zero-order chi connectivity index (χ0) is 42.7. The van der Waals surface area contributed by atoms with Crippen LogP contribution in [0.1, 0.15) is 69.7 Å². The summed E-state index contributed by atoms with van der Waals surface area (Å²) in [6.45, 7) is 10.4. The number of hydrogen-bond acceptors (Lipinski definition) is 9. The van der Waals surface area contributed by atoms with Crippen LogP contribution >= 0.6 is 23.5 Å². The predicted octanol–water partition coefficient (Wildman–Crippen LogP) is 8.22. The van der Waals surface area contributed by atoms with E-state index in [9.17, 15) is 14.4 Å². The Hall–Kier alpha value is -4.29. The van der Waals surface area contributed by atoms with Gasteiger partial charge in [0.05, 0.1) is 23.9 Å². The molecular formula is C48H64N4O5S2. The third-order valence-corrected chi connectivity index (χ3v) is 12.6. The second-order valence-electron chi connectivity index (χ2n) is 15.9. The van der Waals surface area contributed by atoms with Crippen LogP contribution in [0.25, 0.3) is 0 Å². The van der Waals surface area contributed by atoms with E-state index in [0.717, 1.165) is 34.4 Å². The van der Waals surface area contributed by atoms with E-state index < -0.39 is 34.6 Å². The van der Waals surface area contributed by atoms with Gasteiger partial charge in [-0.1, -0.05) is 142 Å². The third-order valence-electron chi connectivity index (χ3n) is 10.2. The summed E-state index contributed by atoms with van der Waals surface area (Å²) in [5, 5.41) is 13.5. The zero-order valence-electron chi connectivity index (χ0n) is 35.7. The molecule has 11 heteroatoms. The summed E-state index contributed by atoms with van der Waals surface area (Å²) in [6, 6.07) is 39.6. The number of hydrogen-bond donors (Lipinski definition) is 4. The number of ether oxygens (including phenoxy) is 2. The lowest BCUT2D eigenvalue weighted by Gasteiger charge is -2.37. The molecule has 0 aliphatic carbocycles. The lowest BCUT2D eigenvalue weighted by Crippen LogP contribution is -2.57. The van der Waals surface area contributed by atoms with Crippen molar-refractivity contribution in [2.24, 2.45) is 5.92 Å². The predicted molar refractivity (Wildman–Crippen MR) is 245 cm³/mol. The fraction of sp³-hybridized carbons (Fsp3) is 0.438. The maximum Gasteiger partial charge on any atom is 0.407 e. The van der Waals surface area contributed by atoms with Crippen molar-refractivity contribution in [1.29, 1.82) is 0 Å². The van der Waals surface area contributed by atoms with Crippen LogP contribution in [0.15, 0.2) is 121 Å². The molecule has 0 heterocycles. The number of rotatable bonds is 23. The summed E-state index contributed by atoms with van der Waals surface area (Å²) in [5.41, 5.74) is 3.72. The fourth-order valence-electron chi connectivity index (χ4n) is 7.01. The molecule has 4 N–H and O–H groups in total. The van der Waals surface area contributed by atoms with Gasteiger partial charge in [-0.05, 0) is 73.8 Å². The van der Waals surface area contributed by atoms with Gasteiger partial charge in [-0.25, -0.2) is 4.79 Å². The molecule has 318 valence electrons. The summed E-state index contributed by atoms with van der Waals surface area (Å²) >= 11 is 3.41. The number of alkyl carbamates (subject to hydrolysis) is 1. The average Bonchev–Trinajstić information content (AvgIpc) is 3.24. The Labute approximate surface area is 361 Å². The lowest BCUT2D eigenvalue weighted by molar-refractivity contribution is -0.143. The second kappa shape index (κ2) is 24.1. The molecule has 0 aliphatic rings. The van der Waals surface area contributed by atoms with E-state index in [2.05, 4.69) is 108 Å². The van der Waals surface area contributed by atoms with E-state index in [1.165, 1.54) is 7.11 Å². The Morgan fingerprint density at radius 3 is 1.69 bits per heavy atom. The molecule has 4 aromatic rings. The maximum atomic E-state index is 14.4. The van der Waals surface area contributed by atoms with E-state index >= 15 is 0 Å². The topological polar surface area (TPSA) is 118 Å². The number of benzene rings is 4. The quantitative estimate of drug-likeness (QED) is 0.0433. The Bertz CT molecular complexity index is 1730. The van der Waals surface area contributed by atoms with Crippen molar-refractivity contribution in [2.75, 3.05) is 38.0 Å². The molecule has 0 aromatic heterocycles. The number of carbonyl (C=O) groups is 3. The van der Waals surface area contributed by atoms with Crippen LogP contribution < -0.4 is 21.3 Å². The van der Waals surface area contributed by atoms with Gasteiger partial charge in [-0.2, -0.15) is 11.8 Å². The van der Waals surface area contributed by atoms with Crippen LogP contribution in [-0.2, 0) is 30.2 Å². The molecule has 1 unspecified atom stereocenters. The molecule has 5 atom stereocenters. The largest absolute Gasteiger partial charge is 0.468 e. The van der Waals surface area contributed by atoms with Crippen molar-refractivity contribution in [3.63, 3.8) is 0 Å². The molecule has 59 heavy (non-hydrogen) atoms. The van der Waals surface area contributed by atoms with Crippen LogP contribution in [0.2, 0.25) is 0 Å². The fourth-order valence-corrected chi connectivity index (χ4v) is 9.04. The monoisotopic (exact) mass is 840 g/mol. The molecule has 0 saturated carbocycles. The molecule has 0 radical (unpaired) electrons. The van der Waals surface area contributed by atoms with Gasteiger partial charge < -0.3 is 30.7 Å². The molecule has 0 aliphatic heterocycles. The average molecular weight is 841 g/mol. The number of nitrogens with one attached hydrogen (secondary N) is 4. The molecule has 0 fully saturated rings. The number of carbonyl (C=O) groups excluding carboxylic acids is 3. The second-order valence-corrected chi connectivity index (χ2v) is 18.1. The van der Waals surface area contributed by atoms with Crippen LogP contribution in [-0.4, -0.2) is 85.7 Å². The SMILES string of the molecule is CCC(C)[C@H](NC[C@H](CSC(c1ccccc1)(c1ccccc1)c1ccccc1)NC(=O)OC(C)(C)C)C(=O)N[C@H](CN[C@@H](CCSC)C(=O)OC)Cc1ccccc1. The summed E-state index contributed by atoms with van der Waals surface area (Å²) in [4.78, 5) is 40.6. The summed E-state index contributed by atoms with van der Waals surface area (Å²) in [5.74, 6) is 0.793. The molecule has 9 nitrogen and oxygen atoms in total. The third kappa shape index (κ3) is 14.7. The van der Waals surface area contributed by atoms with Gasteiger partial charge in [0.15, 0.2) is 0 Å². The summed E-state index contributed by atoms with van der Waals surface area (Å²) < 4.78 is 10.3. The van der Waals surface area contributed by atoms with E-state index in [-0.39, 0.29) is 23.8 Å². The minimum Gasteiger partial charge on any atom is -0.468 e. The Morgan fingerprint density at radius 2 is 1.22 bits per heavy atom. The number of amides is 2. The van der Waals surface area contributed by atoms with Crippen LogP contribution in [0.3, 0.4) is 0 Å². The molecule has 0 saturated heterocycles. The molecule has 4 aromatic carbocycles. The Kier molecular flexibility index (Phi) is 19.3. The first-order chi connectivity index (χ1) is 28.4. The Balaban J connectivity index is 1.63. The minimum atomic E-state index is -0.694. The van der Waals surface area contributed by atoms with Crippen molar-refractivity contribution >= 4 is 41.5 Å². The number of thioether (sulfide) groups is 2. The summed E-state index contributed by atoms with van der Waals surface area (Å²) in [7, 11) is 1.40. The lowest BCUT2D eigenvalue weighted by atomic mass is 9.84. The van der Waals surface area contributed by atoms with Crippen LogP contribution in [0.4, 0.5) is 4.79 Å². The van der Waals surface area contributed by atoms with Crippen LogP contribution in [0.5, 0.6) is 0 Å². The van der Waals surface area contributed by atoms with Gasteiger partial charge in [0, 0.05) is 24.9 Å². The normalized spacial score (nSPS) is 14.3. The van der Waals surface area contributed by atoms with E-state index in [0.29, 0.717) is 31.7 Å². The number of methoxy groups -OCH3 is 1. The van der Waals surface area contributed by atoms with E-state index in [1.807, 2.05) is 75.6 Å². The van der Waals surface area contributed by atoms with Crippen molar-refractivity contribution in [1.82, 2.24) is 21.3 Å². The zero-order valence-corrected chi connectivity index (χ0v) is 37.4. The molecule has 4 rings (SSSR count). The highest BCUT2D eigenvalue weighted by molar-refractivity contribution is 8.00. The first-order valence-corrected chi connectivity index (χ1v) is 23.0. The first-order valence-electron chi connectivity index (χ1n) is 20.6. The number of esters is 1. The van der Waals surface area contributed by atoms with Gasteiger partial charge in [0.2, 0.25) is 5.91 Å². The molecular weight excluding hydrogens is 777 g/mol. The standard InChI is InChI=1S/C48H64N4O5S2/c1-8-35(2)43(44(53)51-40(31-36-21-13-9-14-22-36)32-49-42(29-30-58-7)45(54)56-6)50-33-41(52-46(55)57-47(3,4)5)34-59-48(37-23-15-10-16-24-37,38-25-17-11-18-26-38)39-27-19-12-20-28-39/h9-28,35,40-43,49-50H,8,29-34H2,1-7H3,(H,51,53)(H,52,55)/t35?,40-,41+,42-,43-/m0/s1. The van der Waals surface area contributed by atoms with Gasteiger partial charge in [0.1, 0.15) is 11.6 Å². The molecule has 0 spiro atoms. The maximum absolute atomic E-state index is 14.4. The molecule has 2 amide bonds. The van der Waals surface area contributed by atoms with E-state index in [4.69, 9.17) is 9.47 Å². The minimum absolute atomic E-state index is 0.0309. The van der Waals surface area contributed by atoms with Crippen molar-refractivity contribution < 1.29 is 23.9 Å². The molecule has 0 bridgehead atoms. The van der Waals surface area contributed by atoms with Gasteiger partial charge >= 0.3 is 12.1 Å². The van der Waals surface area contributed by atoms with Gasteiger partial charge in [-0.3, -0.25) is 9.59 Å². The summed E-state index contributed by atoms with van der Waals surface area (Å²) in [6.07, 6.45) is 3.43. The highest BCUT2D eigenvalue weighted by Gasteiger charge is 2.38. The van der Waals surface area contributed by atoms with Crippen molar-refractivity contribution in [3.8, 4) is 0 Å². The van der Waals surface area contributed by atoms with Crippen molar-refractivity contribution in [3.05, 3.63) is 144 Å². The highest BCUT2D eigenvalue weighted by Crippen LogP contribution is 2.48. The Morgan fingerprint density at radius 1 is 0.712 bits per heavy atom. The highest BCUT2D eigenvalue weighted by atomic mass is 32.2. The first kappa shape index (κ1) is 47.4. The van der Waals surface area contributed by atoms with Crippen LogP contribution in [0, 0.1) is 5.92 Å². The van der Waals surface area contributed by atoms with E-state index in [1.54, 1.807) is 23.5 Å². The smallest absolute Gasteiger partial charge is 0.407 e. The van der Waals surface area contributed by atoms with Gasteiger partial charge in [0.25, 0.3) is 0 Å².